The van der Waals surface area contributed by atoms with Crippen LogP contribution in [-0.4, -0.2) is 35.8 Å². The molecule has 1 saturated carbocycles. The van der Waals surface area contributed by atoms with Crippen LogP contribution in [0, 0.1) is 11.8 Å². The number of hydrogen-bond donors (Lipinski definition) is 1. The van der Waals surface area contributed by atoms with Gasteiger partial charge < -0.3 is 10.2 Å². The number of nitrogens with zero attached hydrogens (tertiary/aromatic N) is 1. The molecule has 4 heteroatoms. The van der Waals surface area contributed by atoms with Crippen molar-refractivity contribution in [2.24, 2.45) is 11.8 Å². The molecule has 1 aliphatic heterocycles. The van der Waals surface area contributed by atoms with Gasteiger partial charge >= 0.3 is 0 Å². The van der Waals surface area contributed by atoms with Gasteiger partial charge in [0.1, 0.15) is 0 Å². The van der Waals surface area contributed by atoms with Crippen molar-refractivity contribution >= 4 is 11.8 Å². The van der Waals surface area contributed by atoms with Gasteiger partial charge in [0.25, 0.3) is 0 Å². The van der Waals surface area contributed by atoms with Gasteiger partial charge in [0.05, 0.1) is 5.92 Å². The maximum absolute atomic E-state index is 12.9. The minimum atomic E-state index is -0.0540. The Labute approximate surface area is 157 Å². The fourth-order valence-corrected chi connectivity index (χ4v) is 4.11. The van der Waals surface area contributed by atoms with Crippen molar-refractivity contribution in [1.29, 1.82) is 0 Å². The summed E-state index contributed by atoms with van der Waals surface area (Å²) in [6.07, 6.45) is 5.76. The Morgan fingerprint density at radius 2 is 1.77 bits per heavy atom. The molecule has 0 radical (unpaired) electrons. The molecule has 2 aliphatic rings. The van der Waals surface area contributed by atoms with Crippen LogP contribution in [0.1, 0.15) is 63.9 Å². The lowest BCUT2D eigenvalue weighted by molar-refractivity contribution is -0.134. The Kier molecular flexibility index (Phi) is 6.33. The van der Waals surface area contributed by atoms with E-state index in [1.165, 1.54) is 12.8 Å². The minimum Gasteiger partial charge on any atom is -0.353 e. The van der Waals surface area contributed by atoms with Crippen LogP contribution in [-0.2, 0) is 9.59 Å². The number of rotatable bonds is 7. The predicted molar refractivity (Wildman–Crippen MR) is 104 cm³/mol. The first-order valence-electron chi connectivity index (χ1n) is 10.2. The molecule has 26 heavy (non-hydrogen) atoms. The average Bonchev–Trinajstić information content (AvgIpc) is 3.49. The second kappa shape index (κ2) is 8.70. The summed E-state index contributed by atoms with van der Waals surface area (Å²) in [6.45, 7) is 5.74. The third-order valence-electron chi connectivity index (χ3n) is 6.01. The van der Waals surface area contributed by atoms with Gasteiger partial charge in [-0.3, -0.25) is 9.59 Å². The van der Waals surface area contributed by atoms with Gasteiger partial charge in [0.2, 0.25) is 11.8 Å². The molecule has 1 aromatic carbocycles. The molecule has 1 N–H and O–H groups in total. The number of carbonyl (C=O) groups is 2. The minimum absolute atomic E-state index is 0.0540. The summed E-state index contributed by atoms with van der Waals surface area (Å²) >= 11 is 0. The van der Waals surface area contributed by atoms with E-state index in [-0.39, 0.29) is 23.8 Å². The maximum Gasteiger partial charge on any atom is 0.230 e. The van der Waals surface area contributed by atoms with Crippen molar-refractivity contribution in [1.82, 2.24) is 10.2 Å². The normalized spacial score (nSPS) is 20.5. The fraction of sp³-hybridized carbons (Fsp3) is 0.636. The highest BCUT2D eigenvalue weighted by molar-refractivity contribution is 5.84. The zero-order chi connectivity index (χ0) is 18.5. The van der Waals surface area contributed by atoms with Crippen LogP contribution in [0.2, 0.25) is 0 Å². The van der Waals surface area contributed by atoms with Gasteiger partial charge in [-0.1, -0.05) is 44.2 Å². The Bertz CT molecular complexity index is 604. The molecule has 1 saturated heterocycles. The summed E-state index contributed by atoms with van der Waals surface area (Å²) in [5, 5.41) is 3.19. The summed E-state index contributed by atoms with van der Waals surface area (Å²) in [4.78, 5) is 27.1. The Morgan fingerprint density at radius 3 is 2.35 bits per heavy atom. The molecular weight excluding hydrogens is 324 g/mol. The molecule has 4 nitrogen and oxygen atoms in total. The first-order valence-corrected chi connectivity index (χ1v) is 10.2. The molecule has 1 aromatic rings. The van der Waals surface area contributed by atoms with E-state index < -0.39 is 0 Å². The van der Waals surface area contributed by atoms with Crippen LogP contribution < -0.4 is 5.32 Å². The summed E-state index contributed by atoms with van der Waals surface area (Å²) in [5.74, 6) is 1.63. The zero-order valence-corrected chi connectivity index (χ0v) is 16.1. The highest BCUT2D eigenvalue weighted by Gasteiger charge is 2.31. The first kappa shape index (κ1) is 18.9. The predicted octanol–water partition coefficient (Wildman–Crippen LogP) is 3.72. The number of nitrogens with one attached hydrogen (secondary N) is 1. The van der Waals surface area contributed by atoms with Crippen LogP contribution in [0.25, 0.3) is 0 Å². The molecule has 142 valence electrons. The molecule has 0 unspecified atom stereocenters. The lowest BCUT2D eigenvalue weighted by atomic mass is 9.93. The number of hydrogen-bond acceptors (Lipinski definition) is 2. The van der Waals surface area contributed by atoms with E-state index >= 15 is 0 Å². The van der Waals surface area contributed by atoms with E-state index in [1.54, 1.807) is 0 Å². The lowest BCUT2D eigenvalue weighted by Crippen LogP contribution is -2.47. The molecule has 3 rings (SSSR count). The van der Waals surface area contributed by atoms with Gasteiger partial charge in [-0.05, 0) is 49.5 Å². The second-order valence-electron chi connectivity index (χ2n) is 8.06. The van der Waals surface area contributed by atoms with E-state index in [2.05, 4.69) is 19.2 Å². The standard InChI is InChI=1S/C22H32N2O2/c1-3-20(18-7-5-4-6-8-18)22(26)24-13-11-19(12-14-24)23-21(25)15-16(2)17-9-10-17/h4-8,16-17,19-20H,3,9-15H2,1-2H3,(H,23,25)/t16-,20+/m0/s1. The van der Waals surface area contributed by atoms with E-state index in [0.717, 1.165) is 43.8 Å². The number of carbonyl (C=O) groups excluding carboxylic acids is 2. The van der Waals surface area contributed by atoms with Gasteiger partial charge in [0, 0.05) is 25.6 Å². The van der Waals surface area contributed by atoms with Crippen LogP contribution in [0.5, 0.6) is 0 Å². The van der Waals surface area contributed by atoms with Crippen molar-refractivity contribution in [2.75, 3.05) is 13.1 Å². The summed E-state index contributed by atoms with van der Waals surface area (Å²) in [5.41, 5.74) is 1.10. The van der Waals surface area contributed by atoms with Crippen molar-refractivity contribution < 1.29 is 9.59 Å². The number of likely N-dealkylation sites (tertiary alicyclic amines) is 1. The second-order valence-corrected chi connectivity index (χ2v) is 8.06. The van der Waals surface area contributed by atoms with Crippen molar-refractivity contribution in [3.8, 4) is 0 Å². The summed E-state index contributed by atoms with van der Waals surface area (Å²) in [7, 11) is 0. The topological polar surface area (TPSA) is 49.4 Å². The van der Waals surface area contributed by atoms with E-state index in [9.17, 15) is 9.59 Å². The number of piperidine rings is 1. The molecular formula is C22H32N2O2. The molecule has 0 aromatic heterocycles. The molecule has 2 fully saturated rings. The van der Waals surface area contributed by atoms with Gasteiger partial charge in [-0.2, -0.15) is 0 Å². The monoisotopic (exact) mass is 356 g/mol. The maximum atomic E-state index is 12.9. The highest BCUT2D eigenvalue weighted by atomic mass is 16.2. The molecule has 2 amide bonds. The molecule has 1 heterocycles. The Morgan fingerprint density at radius 1 is 1.12 bits per heavy atom. The summed E-state index contributed by atoms with van der Waals surface area (Å²) in [6, 6.07) is 10.3. The van der Waals surface area contributed by atoms with Crippen LogP contribution in [0.4, 0.5) is 0 Å². The van der Waals surface area contributed by atoms with Gasteiger partial charge in [0.15, 0.2) is 0 Å². The average molecular weight is 357 g/mol. The third kappa shape index (κ3) is 4.87. The Balaban J connectivity index is 1.46. The fourth-order valence-electron chi connectivity index (χ4n) is 4.11. The van der Waals surface area contributed by atoms with Crippen LogP contribution >= 0.6 is 0 Å². The first-order chi connectivity index (χ1) is 12.6. The van der Waals surface area contributed by atoms with Gasteiger partial charge in [-0.25, -0.2) is 0 Å². The van der Waals surface area contributed by atoms with Crippen molar-refractivity contribution in [2.45, 2.75) is 64.3 Å². The molecule has 0 bridgehead atoms. The SMILES string of the molecule is CC[C@@H](C(=O)N1CCC(NC(=O)C[C@H](C)C2CC2)CC1)c1ccccc1. The number of benzene rings is 1. The molecule has 0 spiro atoms. The van der Waals surface area contributed by atoms with Crippen LogP contribution in [0.15, 0.2) is 30.3 Å². The largest absolute Gasteiger partial charge is 0.353 e. The quantitative estimate of drug-likeness (QED) is 0.809. The molecule has 2 atom stereocenters. The summed E-state index contributed by atoms with van der Waals surface area (Å²) < 4.78 is 0. The van der Waals surface area contributed by atoms with Crippen molar-refractivity contribution in [3.05, 3.63) is 35.9 Å². The molecule has 1 aliphatic carbocycles. The van der Waals surface area contributed by atoms with E-state index in [4.69, 9.17) is 0 Å². The third-order valence-corrected chi connectivity index (χ3v) is 6.01. The van der Waals surface area contributed by atoms with E-state index in [1.807, 2.05) is 35.2 Å². The van der Waals surface area contributed by atoms with Crippen LogP contribution in [0.3, 0.4) is 0 Å². The van der Waals surface area contributed by atoms with E-state index in [0.29, 0.717) is 12.3 Å². The smallest absolute Gasteiger partial charge is 0.230 e. The highest BCUT2D eigenvalue weighted by Crippen LogP contribution is 2.38. The Hall–Kier alpha value is -1.84. The number of amides is 2. The lowest BCUT2D eigenvalue weighted by Gasteiger charge is -2.34. The zero-order valence-electron chi connectivity index (χ0n) is 16.1. The van der Waals surface area contributed by atoms with Gasteiger partial charge in [-0.15, -0.1) is 0 Å². The van der Waals surface area contributed by atoms with Crippen molar-refractivity contribution in [3.63, 3.8) is 0 Å².